The third kappa shape index (κ3) is 5.44. The molecule has 0 aliphatic heterocycles. The molecule has 2 N–H and O–H groups in total. The van der Waals surface area contributed by atoms with Crippen LogP contribution in [0.15, 0.2) is 21.4 Å². The Kier molecular flexibility index (Phi) is 6.90. The van der Waals surface area contributed by atoms with E-state index in [4.69, 9.17) is 17.3 Å². The number of nitrogen functional groups attached to an aromatic ring is 1. The molecule has 0 spiro atoms. The number of hydrogen-bond acceptors (Lipinski definition) is 9. The summed E-state index contributed by atoms with van der Waals surface area (Å²) in [4.78, 5) is 28.8. The first-order valence-electron chi connectivity index (χ1n) is 6.14. The Morgan fingerprint density at radius 1 is 1.09 bits per heavy atom. The smallest absolute Gasteiger partial charge is 0.360 e. The number of carbonyl (C=O) groups excluding carboxylic acids is 2. The number of nitrogens with zero attached hydrogens (tertiary/aromatic N) is 2. The molecule has 2 aromatic rings. The lowest BCUT2D eigenvalue weighted by Crippen LogP contribution is -2.04. The number of carbonyl (C=O) groups is 2. The molecule has 2 heterocycles. The van der Waals surface area contributed by atoms with Gasteiger partial charge in [-0.2, -0.15) is 9.97 Å². The van der Waals surface area contributed by atoms with Crippen LogP contribution in [0.3, 0.4) is 0 Å². The summed E-state index contributed by atoms with van der Waals surface area (Å²) in [5, 5.41) is -0.0620. The molecule has 0 radical (unpaired) electrons. The van der Waals surface area contributed by atoms with Gasteiger partial charge in [-0.25, -0.2) is 9.59 Å². The van der Waals surface area contributed by atoms with Crippen LogP contribution < -0.4 is 5.73 Å². The van der Waals surface area contributed by atoms with Crippen molar-refractivity contribution in [1.29, 1.82) is 0 Å². The van der Waals surface area contributed by atoms with Crippen LogP contribution in [-0.2, 0) is 9.47 Å². The molecule has 2 rings (SSSR count). The zero-order valence-corrected chi connectivity index (χ0v) is 12.6. The summed E-state index contributed by atoms with van der Waals surface area (Å²) in [6.45, 7) is 4.04. The first-order chi connectivity index (χ1) is 10.5. The van der Waals surface area contributed by atoms with Crippen molar-refractivity contribution in [1.82, 2.24) is 9.97 Å². The van der Waals surface area contributed by atoms with E-state index < -0.39 is 11.9 Å². The van der Waals surface area contributed by atoms with Crippen molar-refractivity contribution >= 4 is 29.6 Å². The van der Waals surface area contributed by atoms with Crippen LogP contribution in [0.2, 0.25) is 5.35 Å². The van der Waals surface area contributed by atoms with Gasteiger partial charge in [0.2, 0.25) is 0 Å². The van der Waals surface area contributed by atoms with Crippen LogP contribution in [0.5, 0.6) is 0 Å². The Hall–Kier alpha value is -2.55. The molecule has 120 valence electrons. The highest BCUT2D eigenvalue weighted by atomic mass is 35.5. The Morgan fingerprint density at radius 2 is 1.59 bits per heavy atom. The summed E-state index contributed by atoms with van der Waals surface area (Å²) in [6, 6.07) is -0.0342. The first kappa shape index (κ1) is 17.5. The van der Waals surface area contributed by atoms with Gasteiger partial charge in [-0.05, 0) is 25.4 Å². The number of nitrogens with two attached hydrogens (primary N) is 1. The van der Waals surface area contributed by atoms with E-state index >= 15 is 0 Å². The van der Waals surface area contributed by atoms with E-state index in [2.05, 4.69) is 28.3 Å². The van der Waals surface area contributed by atoms with E-state index in [1.807, 2.05) is 0 Å². The highest BCUT2D eigenvalue weighted by Crippen LogP contribution is 2.08. The zero-order chi connectivity index (χ0) is 16.5. The average molecular weight is 332 g/mol. The van der Waals surface area contributed by atoms with Crippen LogP contribution in [0, 0.1) is 0 Å². The lowest BCUT2D eigenvalue weighted by Gasteiger charge is -1.94. The lowest BCUT2D eigenvalue weighted by atomic mass is 10.5. The Labute approximate surface area is 130 Å². The molecule has 0 aromatic carbocycles. The first-order valence-corrected chi connectivity index (χ1v) is 6.52. The van der Waals surface area contributed by atoms with Crippen molar-refractivity contribution in [2.24, 2.45) is 0 Å². The maximum absolute atomic E-state index is 10.9. The van der Waals surface area contributed by atoms with Crippen molar-refractivity contribution in [3.63, 3.8) is 0 Å². The van der Waals surface area contributed by atoms with Gasteiger partial charge in [0.1, 0.15) is 12.5 Å². The molecule has 2 aromatic heterocycles. The van der Waals surface area contributed by atoms with Gasteiger partial charge in [0.05, 0.1) is 13.2 Å². The van der Waals surface area contributed by atoms with Gasteiger partial charge in [0.15, 0.2) is 11.4 Å². The molecular weight excluding hydrogens is 318 g/mol. The minimum Gasteiger partial charge on any atom is -0.461 e. The molecule has 0 saturated carbocycles. The van der Waals surface area contributed by atoms with Crippen LogP contribution in [0.25, 0.3) is 0 Å². The highest BCUT2D eigenvalue weighted by molar-refractivity contribution is 6.27. The van der Waals surface area contributed by atoms with E-state index in [-0.39, 0.29) is 22.8 Å². The maximum atomic E-state index is 10.9. The standard InChI is InChI=1S/C6H6ClNO3.C6H8N2O3/c2*1-2-10-5(9)4-3-11-6(7)8-4/h3H,2H2,1H3;3H,2H2,1H3,(H2,7,8). The van der Waals surface area contributed by atoms with Gasteiger partial charge >= 0.3 is 11.9 Å². The zero-order valence-electron chi connectivity index (χ0n) is 11.9. The molecule has 0 atom stereocenters. The van der Waals surface area contributed by atoms with Crippen LogP contribution in [-0.4, -0.2) is 35.1 Å². The summed E-state index contributed by atoms with van der Waals surface area (Å²) < 4.78 is 18.4. The van der Waals surface area contributed by atoms with Gasteiger partial charge in [-0.15, -0.1) is 0 Å². The third-order valence-electron chi connectivity index (χ3n) is 1.97. The topological polar surface area (TPSA) is 131 Å². The largest absolute Gasteiger partial charge is 0.461 e. The molecular formula is C12H14ClN3O6. The Bertz CT molecular complexity index is 570. The predicted molar refractivity (Wildman–Crippen MR) is 74.3 cm³/mol. The quantitative estimate of drug-likeness (QED) is 0.834. The molecule has 0 aliphatic rings. The summed E-state index contributed by atoms with van der Waals surface area (Å²) in [5.41, 5.74) is 5.32. The molecule has 0 unspecified atom stereocenters. The molecule has 22 heavy (non-hydrogen) atoms. The summed E-state index contributed by atoms with van der Waals surface area (Å²) in [7, 11) is 0. The SMILES string of the molecule is CCOC(=O)c1coc(Cl)n1.CCOC(=O)c1coc(N)n1. The lowest BCUT2D eigenvalue weighted by molar-refractivity contribution is 0.0510. The maximum Gasteiger partial charge on any atom is 0.360 e. The van der Waals surface area contributed by atoms with E-state index in [1.54, 1.807) is 13.8 Å². The summed E-state index contributed by atoms with van der Waals surface area (Å²) in [5.74, 6) is -1.05. The highest BCUT2D eigenvalue weighted by Gasteiger charge is 2.11. The van der Waals surface area contributed by atoms with Gasteiger partial charge < -0.3 is 24.0 Å². The van der Waals surface area contributed by atoms with Gasteiger partial charge in [-0.3, -0.25) is 0 Å². The predicted octanol–water partition coefficient (Wildman–Crippen LogP) is 1.94. The van der Waals surface area contributed by atoms with Gasteiger partial charge in [0.25, 0.3) is 11.4 Å². The van der Waals surface area contributed by atoms with E-state index in [0.29, 0.717) is 13.2 Å². The number of hydrogen-bond donors (Lipinski definition) is 1. The fraction of sp³-hybridized carbons (Fsp3) is 0.333. The second-order valence-electron chi connectivity index (χ2n) is 3.50. The number of halogens is 1. The molecule has 0 saturated heterocycles. The fourth-order valence-corrected chi connectivity index (χ4v) is 1.27. The van der Waals surface area contributed by atoms with E-state index in [0.717, 1.165) is 12.5 Å². The minimum atomic E-state index is -0.525. The van der Waals surface area contributed by atoms with E-state index in [1.165, 1.54) is 0 Å². The fourth-order valence-electron chi connectivity index (χ4n) is 1.14. The second-order valence-corrected chi connectivity index (χ2v) is 3.82. The Morgan fingerprint density at radius 3 is 1.95 bits per heavy atom. The van der Waals surface area contributed by atoms with Crippen LogP contribution in [0.1, 0.15) is 34.8 Å². The molecule has 9 nitrogen and oxygen atoms in total. The molecule has 0 aliphatic carbocycles. The van der Waals surface area contributed by atoms with Gasteiger partial charge in [0, 0.05) is 0 Å². The minimum absolute atomic E-state index is 0.0342. The summed E-state index contributed by atoms with van der Waals surface area (Å²) in [6.07, 6.45) is 2.31. The normalized spacial score (nSPS) is 9.59. The summed E-state index contributed by atoms with van der Waals surface area (Å²) >= 11 is 5.32. The molecule has 0 bridgehead atoms. The van der Waals surface area contributed by atoms with Crippen LogP contribution in [0.4, 0.5) is 6.01 Å². The second kappa shape index (κ2) is 8.67. The van der Waals surface area contributed by atoms with Crippen molar-refractivity contribution in [2.45, 2.75) is 13.8 Å². The van der Waals surface area contributed by atoms with E-state index in [9.17, 15) is 9.59 Å². The monoisotopic (exact) mass is 331 g/mol. The molecule has 10 heteroatoms. The van der Waals surface area contributed by atoms with Crippen molar-refractivity contribution < 1.29 is 27.9 Å². The molecule has 0 fully saturated rings. The van der Waals surface area contributed by atoms with Crippen molar-refractivity contribution in [3.8, 4) is 0 Å². The number of anilines is 1. The van der Waals surface area contributed by atoms with Crippen LogP contribution >= 0.6 is 11.6 Å². The van der Waals surface area contributed by atoms with Crippen molar-refractivity contribution in [3.05, 3.63) is 29.3 Å². The van der Waals surface area contributed by atoms with Crippen molar-refractivity contribution in [2.75, 3.05) is 18.9 Å². The number of oxazole rings is 2. The third-order valence-corrected chi connectivity index (χ3v) is 2.14. The van der Waals surface area contributed by atoms with Gasteiger partial charge in [-0.1, -0.05) is 0 Å². The number of ether oxygens (including phenoxy) is 2. The Balaban J connectivity index is 0.000000220. The average Bonchev–Trinajstić information content (AvgIpc) is 3.09. The molecule has 0 amide bonds. The number of rotatable bonds is 4. The number of aromatic nitrogens is 2. The number of esters is 2.